The van der Waals surface area contributed by atoms with Crippen molar-refractivity contribution in [2.75, 3.05) is 0 Å². The van der Waals surface area contributed by atoms with Crippen molar-refractivity contribution < 1.29 is 29.7 Å². The molecule has 19 heavy (non-hydrogen) atoms. The molecule has 0 saturated carbocycles. The number of carbonyl (C=O) groups excluding carboxylic acids is 3. The third-order valence-electron chi connectivity index (χ3n) is 1.36. The van der Waals surface area contributed by atoms with Crippen LogP contribution in [0, 0.1) is 0 Å². The molecule has 0 unspecified atom stereocenters. The van der Waals surface area contributed by atoms with Crippen molar-refractivity contribution in [3.63, 3.8) is 0 Å². The van der Waals surface area contributed by atoms with Crippen LogP contribution in [0.1, 0.15) is 59.3 Å². The van der Waals surface area contributed by atoms with Crippen molar-refractivity contribution in [1.29, 1.82) is 0 Å². The van der Waals surface area contributed by atoms with Gasteiger partial charge in [-0.3, -0.25) is 0 Å². The predicted octanol–water partition coefficient (Wildman–Crippen LogP) is -1.77. The molecule has 0 spiro atoms. The Hall–Kier alpha value is -0.954. The average Bonchev–Trinajstić information content (AvgIpc) is 2.18. The Kier molecular flexibility index (Phi) is 31.1. The van der Waals surface area contributed by atoms with Gasteiger partial charge in [0.1, 0.15) is 0 Å². The van der Waals surface area contributed by atoms with Gasteiger partial charge < -0.3 is 29.7 Å². The van der Waals surface area contributed by atoms with Crippen molar-refractivity contribution in [3.05, 3.63) is 0 Å². The molecule has 0 rings (SSSR count). The van der Waals surface area contributed by atoms with Gasteiger partial charge in [0, 0.05) is 17.9 Å². The summed E-state index contributed by atoms with van der Waals surface area (Å²) < 4.78 is 0. The zero-order valence-electron chi connectivity index (χ0n) is 11.8. The van der Waals surface area contributed by atoms with Gasteiger partial charge in [-0.05, 0) is 19.3 Å². The molecule has 0 atom stereocenters. The number of rotatable bonds is 6. The molecule has 0 aromatic rings. The average molecular weight is 331 g/mol. The maximum absolute atomic E-state index is 9.49. The number of hydrogen-bond donors (Lipinski definition) is 0. The van der Waals surface area contributed by atoms with Crippen LogP contribution in [0.4, 0.5) is 0 Å². The molecule has 0 bridgehead atoms. The van der Waals surface area contributed by atoms with E-state index in [2.05, 4.69) is 0 Å². The van der Waals surface area contributed by atoms with Gasteiger partial charge in [0.15, 0.2) is 0 Å². The molecule has 0 aliphatic heterocycles. The van der Waals surface area contributed by atoms with Gasteiger partial charge in [-0.1, -0.05) is 40.0 Å². The van der Waals surface area contributed by atoms with Crippen molar-refractivity contribution >= 4 is 37.7 Å². The van der Waals surface area contributed by atoms with Gasteiger partial charge in [-0.2, -0.15) is 0 Å². The summed E-state index contributed by atoms with van der Waals surface area (Å²) in [6.45, 7) is 5.40. The van der Waals surface area contributed by atoms with Crippen LogP contribution in [0.5, 0.6) is 0 Å². The van der Waals surface area contributed by atoms with Crippen LogP contribution in [-0.2, 0) is 14.4 Å². The van der Waals surface area contributed by atoms with E-state index >= 15 is 0 Å². The monoisotopic (exact) mass is 330 g/mol. The second-order valence-electron chi connectivity index (χ2n) is 3.37. The molecule has 6 nitrogen and oxygen atoms in total. The van der Waals surface area contributed by atoms with Crippen LogP contribution in [0.25, 0.3) is 0 Å². The number of hydrogen-bond acceptors (Lipinski definition) is 6. The van der Waals surface area contributed by atoms with Crippen LogP contribution in [0.3, 0.4) is 0 Å². The summed E-state index contributed by atoms with van der Waals surface area (Å²) in [5, 5.41) is 28.5. The Labute approximate surface area is 127 Å². The van der Waals surface area contributed by atoms with Crippen molar-refractivity contribution in [1.82, 2.24) is 0 Å². The van der Waals surface area contributed by atoms with Crippen LogP contribution in [0.15, 0.2) is 0 Å². The first-order chi connectivity index (χ1) is 8.31. The first-order valence-electron chi connectivity index (χ1n) is 5.91. The van der Waals surface area contributed by atoms with Crippen LogP contribution in [0.2, 0.25) is 0 Å². The summed E-state index contributed by atoms with van der Waals surface area (Å²) in [4.78, 5) is 28.5. The zero-order chi connectivity index (χ0) is 15.0. The van der Waals surface area contributed by atoms with Crippen LogP contribution >= 0.6 is 0 Å². The van der Waals surface area contributed by atoms with E-state index in [4.69, 9.17) is 0 Å². The Bertz CT molecular complexity index is 192. The molecule has 0 radical (unpaired) electrons. The molecule has 0 heterocycles. The summed E-state index contributed by atoms with van der Waals surface area (Å²) in [5.41, 5.74) is 0. The summed E-state index contributed by atoms with van der Waals surface area (Å²) in [5.74, 6) is -2.88. The molecular weight excluding hydrogens is 310 g/mol. The quantitative estimate of drug-likeness (QED) is 0.531. The first-order valence-corrected chi connectivity index (χ1v) is 5.91. The Balaban J connectivity index is -0.0000000865. The number of carbonyl (C=O) groups is 3. The normalized spacial score (nSPS) is 7.74. The first kappa shape index (κ1) is 26.6. The van der Waals surface area contributed by atoms with Crippen molar-refractivity contribution in [2.45, 2.75) is 59.3 Å². The van der Waals surface area contributed by atoms with Crippen molar-refractivity contribution in [3.8, 4) is 0 Å². The van der Waals surface area contributed by atoms with E-state index < -0.39 is 17.9 Å². The third kappa shape index (κ3) is 59.6. The number of carboxylic acid groups (broad SMARTS) is 3. The van der Waals surface area contributed by atoms with Crippen LogP contribution < -0.4 is 15.3 Å². The fourth-order valence-electron chi connectivity index (χ4n) is 0.612. The smallest absolute Gasteiger partial charge is 0.550 e. The maximum atomic E-state index is 9.49. The minimum absolute atomic E-state index is 0. The number of aliphatic carboxylic acids is 3. The molecule has 0 amide bonds. The van der Waals surface area contributed by atoms with Gasteiger partial charge in [0.2, 0.25) is 0 Å². The second kappa shape index (κ2) is 22.2. The molecule has 0 aliphatic carbocycles. The molecule has 7 heteroatoms. The molecule has 0 saturated heterocycles. The summed E-state index contributed by atoms with van der Waals surface area (Å²) in [6.07, 6.45) is 2.55. The van der Waals surface area contributed by atoms with E-state index in [9.17, 15) is 29.7 Å². The zero-order valence-corrected chi connectivity index (χ0v) is 14.2. The summed E-state index contributed by atoms with van der Waals surface area (Å²) in [7, 11) is 0. The van der Waals surface area contributed by atoms with Gasteiger partial charge in [0.25, 0.3) is 0 Å². The minimum Gasteiger partial charge on any atom is -0.550 e. The summed E-state index contributed by atoms with van der Waals surface area (Å²) >= 11 is 0. The van der Waals surface area contributed by atoms with E-state index in [0.717, 1.165) is 0 Å². The second-order valence-corrected chi connectivity index (χ2v) is 3.37. The minimum atomic E-state index is -0.961. The third-order valence-corrected chi connectivity index (χ3v) is 1.36. The predicted molar refractivity (Wildman–Crippen MR) is 65.5 cm³/mol. The Morgan fingerprint density at radius 3 is 0.789 bits per heavy atom. The summed E-state index contributed by atoms with van der Waals surface area (Å²) in [6, 6.07) is 0. The molecule has 108 valence electrons. The fourth-order valence-corrected chi connectivity index (χ4v) is 0.612. The molecule has 0 aromatic carbocycles. The van der Waals surface area contributed by atoms with E-state index in [1.807, 2.05) is 0 Å². The van der Waals surface area contributed by atoms with E-state index in [-0.39, 0.29) is 39.1 Å². The fraction of sp³-hybridized carbons (Fsp3) is 0.750. The number of carboxylic acids is 3. The molecule has 0 aromatic heterocycles. The SMILES string of the molecule is CCCC(=O)[O-].CCCC(=O)[O-].CCCC(=O)[O-].[Ga+3]. The Morgan fingerprint density at radius 2 is 0.789 bits per heavy atom. The largest absolute Gasteiger partial charge is 3.00 e. The van der Waals surface area contributed by atoms with Crippen LogP contribution in [-0.4, -0.2) is 37.7 Å². The van der Waals surface area contributed by atoms with E-state index in [1.54, 1.807) is 20.8 Å². The van der Waals surface area contributed by atoms with Gasteiger partial charge in [-0.15, -0.1) is 0 Å². The standard InChI is InChI=1S/3C4H8O2.Ga/c3*1-2-3-4(5)6;/h3*2-3H2,1H3,(H,5,6);/q;;;+3/p-3. The topological polar surface area (TPSA) is 120 Å². The molecular formula is C12H21GaO6. The van der Waals surface area contributed by atoms with E-state index in [0.29, 0.717) is 19.3 Å². The Morgan fingerprint density at radius 1 is 0.632 bits per heavy atom. The maximum Gasteiger partial charge on any atom is 3.00 e. The molecule has 0 aliphatic rings. The molecule has 0 N–H and O–H groups in total. The van der Waals surface area contributed by atoms with E-state index in [1.165, 1.54) is 0 Å². The van der Waals surface area contributed by atoms with Gasteiger partial charge in [-0.25, -0.2) is 0 Å². The van der Waals surface area contributed by atoms with Crippen molar-refractivity contribution in [2.24, 2.45) is 0 Å². The molecule has 0 fully saturated rings. The van der Waals surface area contributed by atoms with Gasteiger partial charge in [0.05, 0.1) is 0 Å². The van der Waals surface area contributed by atoms with Gasteiger partial charge >= 0.3 is 19.8 Å².